The third-order valence-corrected chi connectivity index (χ3v) is 12.3. The molecule has 4 rings (SSSR count). The second-order valence-electron chi connectivity index (χ2n) is 7.07. The summed E-state index contributed by atoms with van der Waals surface area (Å²) in [4.78, 5) is 25.6. The van der Waals surface area contributed by atoms with Crippen molar-refractivity contribution in [2.24, 2.45) is 14.1 Å². The lowest BCUT2D eigenvalue weighted by molar-refractivity contribution is 0.395. The summed E-state index contributed by atoms with van der Waals surface area (Å²) in [5, 5.41) is 14.0. The Bertz CT molecular complexity index is 1220. The van der Waals surface area contributed by atoms with Crippen LogP contribution in [0.15, 0.2) is 105 Å². The lowest BCUT2D eigenvalue weighted by atomic mass is 10.4. The van der Waals surface area contributed by atoms with Crippen molar-refractivity contribution in [2.45, 2.75) is 4.90 Å². The number of rotatable bonds is 5. The Kier molecular flexibility index (Phi) is 5.86. The summed E-state index contributed by atoms with van der Waals surface area (Å²) in [6.07, 6.45) is 0. The summed E-state index contributed by atoms with van der Waals surface area (Å²) < 4.78 is 2.15. The van der Waals surface area contributed by atoms with Gasteiger partial charge < -0.3 is 5.11 Å². The van der Waals surface area contributed by atoms with E-state index in [-0.39, 0.29) is 10.8 Å². The molecule has 7 heteroatoms. The highest BCUT2D eigenvalue weighted by atomic mass is 32.7. The standard InChI is InChI=1S/C24H21N2O3PS/c1-25-22(27)21(23(28)26(2)24(25)29)31-30(18-12-6-3-7-13-18,19-14-8-4-9-15-19)20-16-10-5-11-17-20/h3-17H,1-2H3/p+1. The van der Waals surface area contributed by atoms with Crippen LogP contribution in [0, 0.1) is 0 Å². The second kappa shape index (κ2) is 8.58. The summed E-state index contributed by atoms with van der Waals surface area (Å²) in [5.74, 6) is -0.315. The lowest BCUT2D eigenvalue weighted by Crippen LogP contribution is -2.38. The summed E-state index contributed by atoms with van der Waals surface area (Å²) in [6.45, 7) is -2.46. The van der Waals surface area contributed by atoms with Gasteiger partial charge in [0, 0.05) is 14.1 Å². The van der Waals surface area contributed by atoms with Gasteiger partial charge in [-0.05, 0) is 36.4 Å². The molecule has 5 nitrogen and oxygen atoms in total. The van der Waals surface area contributed by atoms with Crippen molar-refractivity contribution in [3.05, 3.63) is 112 Å². The second-order valence-corrected chi connectivity index (χ2v) is 12.6. The van der Waals surface area contributed by atoms with E-state index in [4.69, 9.17) is 0 Å². The van der Waals surface area contributed by atoms with Crippen LogP contribution in [-0.4, -0.2) is 14.2 Å². The quantitative estimate of drug-likeness (QED) is 0.476. The Balaban J connectivity index is 2.10. The maximum atomic E-state index is 13.1. The van der Waals surface area contributed by atoms with Crippen molar-refractivity contribution < 1.29 is 5.11 Å². The molecule has 0 atom stereocenters. The molecule has 0 unspecified atom stereocenters. The summed E-state index contributed by atoms with van der Waals surface area (Å²) in [7, 11) is 2.90. The third-order valence-electron chi connectivity index (χ3n) is 5.18. The van der Waals surface area contributed by atoms with Crippen molar-refractivity contribution in [3.63, 3.8) is 0 Å². The predicted molar refractivity (Wildman–Crippen MR) is 130 cm³/mol. The molecule has 1 heterocycles. The average Bonchev–Trinajstić information content (AvgIpc) is 2.83. The summed E-state index contributed by atoms with van der Waals surface area (Å²) >= 11 is 1.35. The predicted octanol–water partition coefficient (Wildman–Crippen LogP) is 2.79. The Morgan fingerprint density at radius 2 is 1.06 bits per heavy atom. The van der Waals surface area contributed by atoms with E-state index in [1.807, 2.05) is 54.6 Å². The van der Waals surface area contributed by atoms with E-state index in [1.165, 1.54) is 25.5 Å². The number of nitrogens with zero attached hydrogens (tertiary/aromatic N) is 2. The van der Waals surface area contributed by atoms with Gasteiger partial charge in [-0.15, -0.1) is 0 Å². The normalized spacial score (nSPS) is 11.4. The number of aromatic nitrogens is 2. The van der Waals surface area contributed by atoms with Gasteiger partial charge >= 0.3 is 5.69 Å². The van der Waals surface area contributed by atoms with Gasteiger partial charge in [0.25, 0.3) is 5.56 Å². The molecule has 0 aliphatic heterocycles. The van der Waals surface area contributed by atoms with Crippen LogP contribution in [0.25, 0.3) is 0 Å². The molecule has 1 aromatic heterocycles. The largest absolute Gasteiger partial charge is 0.493 e. The van der Waals surface area contributed by atoms with Crippen LogP contribution < -0.4 is 27.2 Å². The minimum atomic E-state index is -2.46. The fourth-order valence-electron chi connectivity index (χ4n) is 3.54. The highest BCUT2D eigenvalue weighted by Gasteiger charge is 2.49. The van der Waals surface area contributed by atoms with E-state index < -0.39 is 17.7 Å². The minimum absolute atomic E-state index is 0.162. The Morgan fingerprint density at radius 3 is 1.45 bits per heavy atom. The number of hydrogen-bond acceptors (Lipinski definition) is 4. The molecule has 0 saturated heterocycles. The Morgan fingerprint density at radius 1 is 0.677 bits per heavy atom. The first-order valence-electron chi connectivity index (χ1n) is 9.71. The molecule has 3 aromatic carbocycles. The first kappa shape index (κ1) is 21.2. The molecule has 0 radical (unpaired) electrons. The molecule has 4 aromatic rings. The molecule has 156 valence electrons. The molecule has 0 bridgehead atoms. The molecule has 0 aliphatic rings. The van der Waals surface area contributed by atoms with Gasteiger partial charge in [-0.25, -0.2) is 4.79 Å². The zero-order chi connectivity index (χ0) is 22.0. The van der Waals surface area contributed by atoms with Crippen LogP contribution in [-0.2, 0) is 14.1 Å². The summed E-state index contributed by atoms with van der Waals surface area (Å²) in [5.41, 5.74) is -1.06. The van der Waals surface area contributed by atoms with Crippen LogP contribution >= 0.6 is 17.8 Å². The van der Waals surface area contributed by atoms with Crippen LogP contribution in [0.4, 0.5) is 0 Å². The Labute approximate surface area is 184 Å². The highest BCUT2D eigenvalue weighted by Crippen LogP contribution is 2.69. The molecule has 1 N–H and O–H groups in total. The van der Waals surface area contributed by atoms with Gasteiger partial charge in [-0.2, -0.15) is 0 Å². The molecule has 0 aliphatic carbocycles. The SMILES string of the molecule is Cn1c(O)c(S[P+](c2ccccc2)(c2ccccc2)c2ccccc2)c(=O)n(C)c1=O. The van der Waals surface area contributed by atoms with Crippen molar-refractivity contribution in [1.82, 2.24) is 9.13 Å². The number of aromatic hydroxyl groups is 1. The van der Waals surface area contributed by atoms with Crippen molar-refractivity contribution in [2.75, 3.05) is 0 Å². The first-order valence-corrected chi connectivity index (χ1v) is 12.9. The minimum Gasteiger partial charge on any atom is -0.493 e. The molecule has 0 saturated carbocycles. The van der Waals surface area contributed by atoms with E-state index in [9.17, 15) is 14.7 Å². The van der Waals surface area contributed by atoms with Gasteiger partial charge in [0.2, 0.25) is 5.88 Å². The van der Waals surface area contributed by atoms with Gasteiger partial charge in [-0.1, -0.05) is 54.6 Å². The molecule has 0 spiro atoms. The van der Waals surface area contributed by atoms with Gasteiger partial charge in [0.05, 0.1) is 11.4 Å². The van der Waals surface area contributed by atoms with Crippen LogP contribution in [0.5, 0.6) is 5.88 Å². The van der Waals surface area contributed by atoms with Gasteiger partial charge in [-0.3, -0.25) is 13.9 Å². The van der Waals surface area contributed by atoms with E-state index in [2.05, 4.69) is 36.4 Å². The zero-order valence-corrected chi connectivity index (χ0v) is 18.9. The average molecular weight is 449 g/mol. The number of benzene rings is 3. The maximum Gasteiger partial charge on any atom is 0.333 e. The third kappa shape index (κ3) is 3.62. The molecular formula is C24H22N2O3PS+. The van der Waals surface area contributed by atoms with Gasteiger partial charge in [0.1, 0.15) is 15.9 Å². The molecule has 31 heavy (non-hydrogen) atoms. The molecule has 0 amide bonds. The van der Waals surface area contributed by atoms with E-state index in [0.29, 0.717) is 0 Å². The van der Waals surface area contributed by atoms with Crippen molar-refractivity contribution in [3.8, 4) is 5.88 Å². The molecule has 0 fully saturated rings. The maximum absolute atomic E-state index is 13.1. The van der Waals surface area contributed by atoms with Crippen LogP contribution in [0.3, 0.4) is 0 Å². The van der Waals surface area contributed by atoms with E-state index in [1.54, 1.807) is 0 Å². The lowest BCUT2D eigenvalue weighted by Gasteiger charge is -2.25. The Hall–Kier alpha value is -3.08. The zero-order valence-electron chi connectivity index (χ0n) is 17.2. The van der Waals surface area contributed by atoms with Crippen molar-refractivity contribution in [1.29, 1.82) is 0 Å². The van der Waals surface area contributed by atoms with Crippen LogP contribution in [0.2, 0.25) is 0 Å². The highest BCUT2D eigenvalue weighted by molar-refractivity contribution is 8.69. The number of hydrogen-bond donors (Lipinski definition) is 1. The van der Waals surface area contributed by atoms with Crippen molar-refractivity contribution >= 4 is 33.8 Å². The monoisotopic (exact) mass is 449 g/mol. The smallest absolute Gasteiger partial charge is 0.333 e. The topological polar surface area (TPSA) is 64.2 Å². The summed E-state index contributed by atoms with van der Waals surface area (Å²) in [6, 6.07) is 30.1. The van der Waals surface area contributed by atoms with Crippen LogP contribution in [0.1, 0.15) is 0 Å². The first-order chi connectivity index (χ1) is 15.0. The van der Waals surface area contributed by atoms with E-state index in [0.717, 1.165) is 25.0 Å². The van der Waals surface area contributed by atoms with Gasteiger partial charge in [0.15, 0.2) is 11.4 Å². The fraction of sp³-hybridized carbons (Fsp3) is 0.0833. The van der Waals surface area contributed by atoms with E-state index >= 15 is 0 Å². The molecular weight excluding hydrogens is 427 g/mol. The fourth-order valence-corrected chi connectivity index (χ4v) is 10.6.